The first-order chi connectivity index (χ1) is 8.84. The maximum absolute atomic E-state index is 9.00. The Morgan fingerprint density at radius 2 is 0.625 bits per heavy atom. The van der Waals surface area contributed by atoms with Gasteiger partial charge in [0.25, 0.3) is 23.9 Å². The van der Waals surface area contributed by atoms with Gasteiger partial charge in [0.15, 0.2) is 0 Å². The topological polar surface area (TPSA) is 264 Å². The molecule has 0 radical (unpaired) electrons. The van der Waals surface area contributed by atoms with Gasteiger partial charge < -0.3 is 42.8 Å². The molecule has 0 aliphatic rings. The van der Waals surface area contributed by atoms with Crippen molar-refractivity contribution in [3.8, 4) is 0 Å². The average molecular weight is 384 g/mol. The molecule has 12 nitrogen and oxygen atoms in total. The van der Waals surface area contributed by atoms with Gasteiger partial charge >= 0.3 is 59.1 Å². The van der Waals surface area contributed by atoms with Gasteiger partial charge in [0.2, 0.25) is 0 Å². The third kappa shape index (κ3) is 18000. The fourth-order valence-corrected chi connectivity index (χ4v) is 0. The van der Waals surface area contributed by atoms with Crippen molar-refractivity contribution in [3.05, 3.63) is 0 Å². The van der Waals surface area contributed by atoms with E-state index in [9.17, 15) is 0 Å². The number of nitrogens with two attached hydrogens (primary N) is 2. The molecule has 0 atom stereocenters. The first kappa shape index (κ1) is 56.5. The van der Waals surface area contributed by atoms with Crippen molar-refractivity contribution in [1.82, 2.24) is 0 Å². The van der Waals surface area contributed by atoms with E-state index in [1.54, 1.807) is 0 Å². The Morgan fingerprint density at radius 1 is 0.583 bits per heavy atom. The fraction of sp³-hybridized carbons (Fsp3) is 0.600. The van der Waals surface area contributed by atoms with Gasteiger partial charge in [-0.3, -0.25) is 19.2 Å². The number of aliphatic carboxylic acids is 4. The Balaban J connectivity index is -0.0000000161. The quantitative estimate of drug-likeness (QED) is 0.241. The minimum atomic E-state index is -0.833. The summed E-state index contributed by atoms with van der Waals surface area (Å²) in [6.07, 6.45) is 0. The molecule has 0 saturated heterocycles. The molecule has 0 amide bonds. The average Bonchev–Trinajstić information content (AvgIpc) is 2.13. The van der Waals surface area contributed by atoms with Crippen molar-refractivity contribution in [3.63, 3.8) is 0 Å². The number of rotatable bonds is 1. The summed E-state index contributed by atoms with van der Waals surface area (Å²) in [5.74, 6) is -3.33. The van der Waals surface area contributed by atoms with E-state index in [1.807, 2.05) is 0 Å². The summed E-state index contributed by atoms with van der Waals surface area (Å²) in [6.45, 7) is 5.53. The number of hydrogen-bond acceptors (Lipinski definition) is 6. The predicted octanol–water partition coefficient (Wildman–Crippen LogP) is -3.68. The molecule has 0 aromatic rings. The van der Waals surface area contributed by atoms with Crippen molar-refractivity contribution < 1.29 is 50.6 Å². The first-order valence-corrected chi connectivity index (χ1v) is 5.03. The molecule has 12 N–H and O–H groups in total. The molecule has 0 aromatic heterocycles. The van der Waals surface area contributed by atoms with Crippen LogP contribution in [-0.2, 0) is 19.2 Å². The maximum atomic E-state index is 9.00. The second kappa shape index (κ2) is 56.9. The van der Waals surface area contributed by atoms with Crippen LogP contribution < -0.4 is 11.5 Å². The van der Waals surface area contributed by atoms with Crippen molar-refractivity contribution in [2.75, 3.05) is 13.1 Å². The molecule has 0 aromatic carbocycles. The van der Waals surface area contributed by atoms with Crippen LogP contribution in [-0.4, -0.2) is 127 Å². The molecule has 24 heavy (non-hydrogen) atoms. The van der Waals surface area contributed by atoms with E-state index in [0.717, 1.165) is 27.7 Å². The monoisotopic (exact) mass is 384 g/mol. The molecule has 0 fully saturated rings. The van der Waals surface area contributed by atoms with Gasteiger partial charge in [-0.15, -0.1) is 0 Å². The molecule has 0 rings (SSSR count). The zero-order valence-electron chi connectivity index (χ0n) is 13.0. The molecule has 0 heterocycles. The van der Waals surface area contributed by atoms with Crippen molar-refractivity contribution in [2.24, 2.45) is 11.5 Å². The zero-order valence-corrected chi connectivity index (χ0v) is 13.0. The van der Waals surface area contributed by atoms with Crippen LogP contribution in [0.5, 0.6) is 0 Å². The molecular weight excluding hydrogens is 354 g/mol. The van der Waals surface area contributed by atoms with Crippen molar-refractivity contribution in [2.45, 2.75) is 27.7 Å². The molecule has 0 unspecified atom stereocenters. The predicted molar refractivity (Wildman–Crippen MR) is 92.9 cm³/mol. The Morgan fingerprint density at radius 3 is 0.625 bits per heavy atom. The van der Waals surface area contributed by atoms with Crippen LogP contribution in [0, 0.1) is 0 Å². The van der Waals surface area contributed by atoms with Crippen LogP contribution in [0.1, 0.15) is 27.7 Å². The van der Waals surface area contributed by atoms with Crippen LogP contribution in [0.2, 0.25) is 0 Å². The molecule has 142 valence electrons. The third-order valence-corrected chi connectivity index (χ3v) is 0.167. The second-order valence-electron chi connectivity index (χ2n) is 2.65. The van der Waals surface area contributed by atoms with E-state index in [1.165, 1.54) is 0 Å². The fourth-order valence-electron chi connectivity index (χ4n) is 0. The third-order valence-electron chi connectivity index (χ3n) is 0.167. The van der Waals surface area contributed by atoms with Crippen LogP contribution in [0.25, 0.3) is 0 Å². The SMILES string of the molecule is CC(=O)O.CC(=O)O.CC(=O)O.CC(=O)O.NCCN.O.O.[NaH].[NaH]. The minimum absolute atomic E-state index is 0. The first-order valence-electron chi connectivity index (χ1n) is 5.03. The van der Waals surface area contributed by atoms with Crippen LogP contribution in [0.15, 0.2) is 0 Å². The summed E-state index contributed by atoms with van der Waals surface area (Å²) < 4.78 is 0. The van der Waals surface area contributed by atoms with E-state index >= 15 is 0 Å². The van der Waals surface area contributed by atoms with Crippen LogP contribution >= 0.6 is 0 Å². The Kier molecular flexibility index (Phi) is 134. The molecule has 14 heteroatoms. The number of carboxylic acids is 4. The summed E-state index contributed by atoms with van der Waals surface area (Å²) in [5.41, 5.74) is 9.81. The Bertz CT molecular complexity index is 202. The molecule has 0 saturated carbocycles. The van der Waals surface area contributed by atoms with Crippen LogP contribution in [0.3, 0.4) is 0 Å². The second-order valence-corrected chi connectivity index (χ2v) is 2.65. The van der Waals surface area contributed by atoms with E-state index in [0.29, 0.717) is 13.1 Å². The van der Waals surface area contributed by atoms with E-state index in [2.05, 4.69) is 0 Å². The van der Waals surface area contributed by atoms with Gasteiger partial charge in [-0.05, 0) is 0 Å². The van der Waals surface area contributed by atoms with Crippen molar-refractivity contribution in [1.29, 1.82) is 0 Å². The van der Waals surface area contributed by atoms with Gasteiger partial charge in [0.05, 0.1) is 0 Å². The molecule has 0 bridgehead atoms. The number of carbonyl (C=O) groups is 4. The zero-order chi connectivity index (χ0) is 17.7. The van der Waals surface area contributed by atoms with Gasteiger partial charge in [-0.25, -0.2) is 0 Å². The van der Waals surface area contributed by atoms with Crippen molar-refractivity contribution >= 4 is 83.0 Å². The summed E-state index contributed by atoms with van der Waals surface area (Å²) in [6, 6.07) is 0. The van der Waals surface area contributed by atoms with Gasteiger partial charge in [0.1, 0.15) is 0 Å². The molecular formula is C10H30N2Na2O10. The summed E-state index contributed by atoms with van der Waals surface area (Å²) in [4.78, 5) is 36.0. The molecule has 0 aliphatic carbocycles. The van der Waals surface area contributed by atoms with E-state index in [4.69, 9.17) is 51.1 Å². The standard InChI is InChI=1S/C2H8N2.4C2H4O2.2Na.2H2O.2H/c3-1-2-4;4*1-2(3)4;;;;;;/h1-4H2;4*1H3,(H,3,4);;;2*1H2;;. The number of hydrogen-bond donors (Lipinski definition) is 6. The van der Waals surface area contributed by atoms with Gasteiger partial charge in [0, 0.05) is 40.8 Å². The molecule has 0 spiro atoms. The summed E-state index contributed by atoms with van der Waals surface area (Å²) >= 11 is 0. The van der Waals surface area contributed by atoms with E-state index in [-0.39, 0.29) is 70.1 Å². The Hall–Kier alpha value is -0.280. The van der Waals surface area contributed by atoms with Gasteiger partial charge in [-0.1, -0.05) is 0 Å². The summed E-state index contributed by atoms with van der Waals surface area (Å²) in [5, 5.41) is 29.7. The molecule has 0 aliphatic heterocycles. The normalized spacial score (nSPS) is 5.42. The Labute approximate surface area is 184 Å². The number of carboxylic acid groups (broad SMARTS) is 4. The summed E-state index contributed by atoms with van der Waals surface area (Å²) in [7, 11) is 0. The van der Waals surface area contributed by atoms with E-state index < -0.39 is 23.9 Å². The van der Waals surface area contributed by atoms with Crippen LogP contribution in [0.4, 0.5) is 0 Å². The van der Waals surface area contributed by atoms with Gasteiger partial charge in [-0.2, -0.15) is 0 Å².